The van der Waals surface area contributed by atoms with Crippen molar-refractivity contribution < 1.29 is 5.11 Å². The highest BCUT2D eigenvalue weighted by Gasteiger charge is 2.24. The first-order valence-electron chi connectivity index (χ1n) is 6.55. The van der Waals surface area contributed by atoms with Crippen molar-refractivity contribution in [1.29, 1.82) is 0 Å². The van der Waals surface area contributed by atoms with Gasteiger partial charge in [-0.2, -0.15) is 0 Å². The molecule has 1 aliphatic rings. The fraction of sp³-hybridized carbons (Fsp3) is 0.571. The van der Waals surface area contributed by atoms with Crippen LogP contribution in [0.1, 0.15) is 24.4 Å². The van der Waals surface area contributed by atoms with Gasteiger partial charge in [-0.1, -0.05) is 23.7 Å². The number of nitrogens with two attached hydrogens (primary N) is 1. The van der Waals surface area contributed by atoms with Gasteiger partial charge in [-0.05, 0) is 49.5 Å². The summed E-state index contributed by atoms with van der Waals surface area (Å²) in [5.41, 5.74) is 7.14. The molecular formula is C14H21ClN2O. The minimum Gasteiger partial charge on any atom is -0.396 e. The SMILES string of the molecule is NCC(c1ccc(Cl)cc1)N1CCC(CO)CC1. The molecule has 2 rings (SSSR count). The van der Waals surface area contributed by atoms with Gasteiger partial charge in [-0.3, -0.25) is 4.90 Å². The molecule has 4 heteroatoms. The lowest BCUT2D eigenvalue weighted by Gasteiger charge is -2.36. The van der Waals surface area contributed by atoms with E-state index in [0.717, 1.165) is 31.0 Å². The van der Waals surface area contributed by atoms with Crippen molar-refractivity contribution in [3.8, 4) is 0 Å². The number of hydrogen-bond donors (Lipinski definition) is 2. The summed E-state index contributed by atoms with van der Waals surface area (Å²) in [6.45, 7) is 2.94. The Morgan fingerprint density at radius 1 is 1.28 bits per heavy atom. The standard InChI is InChI=1S/C14H21ClN2O/c15-13-3-1-12(2-4-13)14(9-16)17-7-5-11(10-18)6-8-17/h1-4,11,14,18H,5-10,16H2. The second-order valence-electron chi connectivity index (χ2n) is 4.96. The van der Waals surface area contributed by atoms with E-state index in [4.69, 9.17) is 22.4 Å². The summed E-state index contributed by atoms with van der Waals surface area (Å²) >= 11 is 5.91. The van der Waals surface area contributed by atoms with Gasteiger partial charge >= 0.3 is 0 Å². The topological polar surface area (TPSA) is 49.5 Å². The summed E-state index contributed by atoms with van der Waals surface area (Å²) in [5, 5.41) is 9.92. The van der Waals surface area contributed by atoms with Gasteiger partial charge in [-0.15, -0.1) is 0 Å². The van der Waals surface area contributed by atoms with Crippen molar-refractivity contribution in [2.24, 2.45) is 11.7 Å². The maximum atomic E-state index is 9.16. The Labute approximate surface area is 114 Å². The third kappa shape index (κ3) is 3.23. The normalized spacial score (nSPS) is 19.9. The van der Waals surface area contributed by atoms with Crippen molar-refractivity contribution in [3.63, 3.8) is 0 Å². The molecular weight excluding hydrogens is 248 g/mol. The predicted molar refractivity (Wildman–Crippen MR) is 74.6 cm³/mol. The van der Waals surface area contributed by atoms with Crippen LogP contribution in [0.15, 0.2) is 24.3 Å². The minimum absolute atomic E-state index is 0.266. The number of hydrogen-bond acceptors (Lipinski definition) is 3. The Kier molecular flexibility index (Phi) is 5.01. The van der Waals surface area contributed by atoms with E-state index < -0.39 is 0 Å². The van der Waals surface area contributed by atoms with Crippen molar-refractivity contribution in [2.75, 3.05) is 26.2 Å². The van der Waals surface area contributed by atoms with Crippen LogP contribution in [0, 0.1) is 5.92 Å². The molecule has 0 spiro atoms. The summed E-state index contributed by atoms with van der Waals surface area (Å²) in [7, 11) is 0. The molecule has 1 heterocycles. The lowest BCUT2D eigenvalue weighted by Crippen LogP contribution is -2.40. The number of piperidine rings is 1. The van der Waals surface area contributed by atoms with Crippen molar-refractivity contribution in [3.05, 3.63) is 34.9 Å². The molecule has 0 amide bonds. The first-order valence-corrected chi connectivity index (χ1v) is 6.93. The molecule has 0 bridgehead atoms. The Bertz CT molecular complexity index is 361. The average molecular weight is 269 g/mol. The van der Waals surface area contributed by atoms with Crippen molar-refractivity contribution in [2.45, 2.75) is 18.9 Å². The summed E-state index contributed by atoms with van der Waals surface area (Å²) in [6, 6.07) is 8.21. The van der Waals surface area contributed by atoms with Gasteiger partial charge in [0.05, 0.1) is 0 Å². The molecule has 1 aromatic rings. The van der Waals surface area contributed by atoms with Crippen LogP contribution in [0.4, 0.5) is 0 Å². The number of aliphatic hydroxyl groups excluding tert-OH is 1. The van der Waals surface area contributed by atoms with E-state index in [1.807, 2.05) is 12.1 Å². The predicted octanol–water partition coefficient (Wildman–Crippen LogP) is 2.04. The van der Waals surface area contributed by atoms with Crippen LogP contribution in [0.25, 0.3) is 0 Å². The molecule has 1 fully saturated rings. The minimum atomic E-state index is 0.266. The highest BCUT2D eigenvalue weighted by atomic mass is 35.5. The van der Waals surface area contributed by atoms with E-state index in [1.54, 1.807) is 0 Å². The van der Waals surface area contributed by atoms with E-state index in [2.05, 4.69) is 17.0 Å². The number of likely N-dealkylation sites (tertiary alicyclic amines) is 1. The zero-order valence-electron chi connectivity index (χ0n) is 10.6. The molecule has 1 saturated heterocycles. The highest BCUT2D eigenvalue weighted by molar-refractivity contribution is 6.30. The lowest BCUT2D eigenvalue weighted by molar-refractivity contribution is 0.102. The zero-order chi connectivity index (χ0) is 13.0. The molecule has 3 N–H and O–H groups in total. The Hall–Kier alpha value is -0.610. The van der Waals surface area contributed by atoms with Gasteiger partial charge in [0.25, 0.3) is 0 Å². The summed E-state index contributed by atoms with van der Waals surface area (Å²) in [4.78, 5) is 2.41. The molecule has 100 valence electrons. The van der Waals surface area contributed by atoms with Crippen LogP contribution in [0.5, 0.6) is 0 Å². The third-order valence-corrected chi connectivity index (χ3v) is 4.08. The number of rotatable bonds is 4. The summed E-state index contributed by atoms with van der Waals surface area (Å²) in [5.74, 6) is 0.463. The van der Waals surface area contributed by atoms with Gasteiger partial charge in [0.1, 0.15) is 0 Å². The fourth-order valence-electron chi connectivity index (χ4n) is 2.63. The highest BCUT2D eigenvalue weighted by Crippen LogP contribution is 2.26. The molecule has 3 nitrogen and oxygen atoms in total. The smallest absolute Gasteiger partial charge is 0.0470 e. The van der Waals surface area contributed by atoms with Gasteiger partial charge < -0.3 is 10.8 Å². The van der Waals surface area contributed by atoms with E-state index in [-0.39, 0.29) is 6.04 Å². The molecule has 1 aliphatic heterocycles. The molecule has 1 unspecified atom stereocenters. The van der Waals surface area contributed by atoms with Gasteiger partial charge in [0, 0.05) is 24.2 Å². The molecule has 0 aliphatic carbocycles. The third-order valence-electron chi connectivity index (χ3n) is 3.83. The zero-order valence-corrected chi connectivity index (χ0v) is 11.3. The summed E-state index contributed by atoms with van der Waals surface area (Å²) < 4.78 is 0. The molecule has 1 aromatic carbocycles. The average Bonchev–Trinajstić information content (AvgIpc) is 2.42. The van der Waals surface area contributed by atoms with Crippen LogP contribution in [-0.2, 0) is 0 Å². The Balaban J connectivity index is 2.03. The van der Waals surface area contributed by atoms with Gasteiger partial charge in [0.2, 0.25) is 0 Å². The fourth-order valence-corrected chi connectivity index (χ4v) is 2.75. The maximum Gasteiger partial charge on any atom is 0.0470 e. The lowest BCUT2D eigenvalue weighted by atomic mass is 9.95. The van der Waals surface area contributed by atoms with E-state index in [0.29, 0.717) is 19.1 Å². The van der Waals surface area contributed by atoms with Crippen molar-refractivity contribution in [1.82, 2.24) is 4.90 Å². The molecule has 18 heavy (non-hydrogen) atoms. The second-order valence-corrected chi connectivity index (χ2v) is 5.40. The van der Waals surface area contributed by atoms with E-state index in [9.17, 15) is 0 Å². The van der Waals surface area contributed by atoms with Crippen LogP contribution in [0.2, 0.25) is 5.02 Å². The van der Waals surface area contributed by atoms with Crippen molar-refractivity contribution >= 4 is 11.6 Å². The number of aliphatic hydroxyl groups is 1. The van der Waals surface area contributed by atoms with Crippen LogP contribution in [0.3, 0.4) is 0 Å². The number of nitrogens with zero attached hydrogens (tertiary/aromatic N) is 1. The molecule has 1 atom stereocenters. The quantitative estimate of drug-likeness (QED) is 0.879. The number of halogens is 1. The van der Waals surface area contributed by atoms with Crippen LogP contribution in [-0.4, -0.2) is 36.2 Å². The molecule has 0 radical (unpaired) electrons. The first-order chi connectivity index (χ1) is 8.74. The Morgan fingerprint density at radius 3 is 2.39 bits per heavy atom. The van der Waals surface area contributed by atoms with Crippen LogP contribution < -0.4 is 5.73 Å². The largest absolute Gasteiger partial charge is 0.396 e. The molecule has 0 aromatic heterocycles. The van der Waals surface area contributed by atoms with Gasteiger partial charge in [-0.25, -0.2) is 0 Å². The van der Waals surface area contributed by atoms with E-state index in [1.165, 1.54) is 5.56 Å². The van der Waals surface area contributed by atoms with E-state index >= 15 is 0 Å². The first kappa shape index (κ1) is 13.8. The molecule has 0 saturated carbocycles. The number of benzene rings is 1. The van der Waals surface area contributed by atoms with Crippen LogP contribution >= 0.6 is 11.6 Å². The Morgan fingerprint density at radius 2 is 1.89 bits per heavy atom. The van der Waals surface area contributed by atoms with Gasteiger partial charge in [0.15, 0.2) is 0 Å². The maximum absolute atomic E-state index is 9.16. The second kappa shape index (κ2) is 6.53. The summed E-state index contributed by atoms with van der Waals surface area (Å²) in [6.07, 6.45) is 2.11. The monoisotopic (exact) mass is 268 g/mol.